The van der Waals surface area contributed by atoms with Crippen LogP contribution in [0.3, 0.4) is 0 Å². The minimum Gasteiger partial charge on any atom is -0.497 e. The summed E-state index contributed by atoms with van der Waals surface area (Å²) in [6.45, 7) is 2.25. The average Bonchev–Trinajstić information content (AvgIpc) is 3.01. The first-order valence-corrected chi connectivity index (χ1v) is 7.25. The number of ether oxygens (including phenoxy) is 1. The fraction of sp³-hybridized carbons (Fsp3) is 0.562. The van der Waals surface area contributed by atoms with Crippen molar-refractivity contribution in [2.24, 2.45) is 11.8 Å². The normalized spacial score (nSPS) is 29.4. The number of Topliss-reactive ketones (excluding diaryl/α,β-unsaturated/α-hetero) is 1. The predicted molar refractivity (Wildman–Crippen MR) is 76.0 cm³/mol. The molecule has 4 nitrogen and oxygen atoms in total. The molecule has 2 aliphatic rings. The van der Waals surface area contributed by atoms with E-state index in [2.05, 4.69) is 4.90 Å². The highest BCUT2D eigenvalue weighted by Gasteiger charge is 2.41. The Hall–Kier alpha value is -1.39. The van der Waals surface area contributed by atoms with Gasteiger partial charge in [-0.05, 0) is 43.0 Å². The second kappa shape index (κ2) is 5.54. The second-order valence-corrected chi connectivity index (χ2v) is 5.91. The first-order chi connectivity index (χ1) is 9.67. The fourth-order valence-electron chi connectivity index (χ4n) is 3.53. The highest BCUT2D eigenvalue weighted by molar-refractivity contribution is 5.97. The van der Waals surface area contributed by atoms with Crippen molar-refractivity contribution >= 4 is 5.78 Å². The smallest absolute Gasteiger partial charge is 0.176 e. The van der Waals surface area contributed by atoms with Gasteiger partial charge in [-0.2, -0.15) is 0 Å². The molecule has 1 saturated carbocycles. The van der Waals surface area contributed by atoms with Crippen molar-refractivity contribution in [1.29, 1.82) is 0 Å². The van der Waals surface area contributed by atoms with Gasteiger partial charge in [0.25, 0.3) is 0 Å². The number of nitrogens with zero attached hydrogens (tertiary/aromatic N) is 1. The summed E-state index contributed by atoms with van der Waals surface area (Å²) in [5.41, 5.74) is 0.725. The van der Waals surface area contributed by atoms with E-state index in [0.717, 1.165) is 37.2 Å². The van der Waals surface area contributed by atoms with Crippen LogP contribution in [0, 0.1) is 11.8 Å². The topological polar surface area (TPSA) is 49.8 Å². The maximum atomic E-state index is 12.3. The summed E-state index contributed by atoms with van der Waals surface area (Å²) >= 11 is 0. The van der Waals surface area contributed by atoms with Gasteiger partial charge in [0.15, 0.2) is 5.78 Å². The zero-order chi connectivity index (χ0) is 14.1. The maximum Gasteiger partial charge on any atom is 0.176 e. The van der Waals surface area contributed by atoms with Gasteiger partial charge in [0, 0.05) is 24.6 Å². The zero-order valence-electron chi connectivity index (χ0n) is 11.8. The molecule has 1 saturated heterocycles. The number of hydrogen-bond acceptors (Lipinski definition) is 4. The van der Waals surface area contributed by atoms with Crippen LogP contribution in [0.4, 0.5) is 0 Å². The number of aliphatic hydroxyl groups is 1. The van der Waals surface area contributed by atoms with Crippen molar-refractivity contribution in [2.75, 3.05) is 26.7 Å². The standard InChI is InChI=1S/C16H21NO3/c1-20-13-5-2-11(3-6-13)16(19)10-17-8-12-4-7-15(18)14(12)9-17/h2-3,5-6,12,14-15,18H,4,7-10H2,1H3. The molecule has 0 bridgehead atoms. The first kappa shape index (κ1) is 13.6. The van der Waals surface area contributed by atoms with E-state index in [9.17, 15) is 9.90 Å². The van der Waals surface area contributed by atoms with Gasteiger partial charge in [-0.15, -0.1) is 0 Å². The summed E-state index contributed by atoms with van der Waals surface area (Å²) in [4.78, 5) is 14.4. The van der Waals surface area contributed by atoms with Gasteiger partial charge < -0.3 is 9.84 Å². The number of likely N-dealkylation sites (tertiary alicyclic amines) is 1. The minimum atomic E-state index is -0.166. The molecule has 0 spiro atoms. The number of carbonyl (C=O) groups is 1. The van der Waals surface area contributed by atoms with Crippen LogP contribution in [0.15, 0.2) is 24.3 Å². The summed E-state index contributed by atoms with van der Waals surface area (Å²) in [5, 5.41) is 9.90. The monoisotopic (exact) mass is 275 g/mol. The van der Waals surface area contributed by atoms with E-state index in [1.54, 1.807) is 7.11 Å². The zero-order valence-corrected chi connectivity index (χ0v) is 11.8. The molecular weight excluding hydrogens is 254 g/mol. The summed E-state index contributed by atoms with van der Waals surface area (Å²) in [6.07, 6.45) is 1.86. The van der Waals surface area contributed by atoms with Crippen LogP contribution >= 0.6 is 0 Å². The number of carbonyl (C=O) groups excluding carboxylic acids is 1. The minimum absolute atomic E-state index is 0.141. The highest BCUT2D eigenvalue weighted by Crippen LogP contribution is 2.37. The number of rotatable bonds is 4. The SMILES string of the molecule is COc1ccc(C(=O)CN2CC3CCC(O)C3C2)cc1. The van der Waals surface area contributed by atoms with Crippen LogP contribution in [-0.4, -0.2) is 48.6 Å². The van der Waals surface area contributed by atoms with Gasteiger partial charge in [0.1, 0.15) is 5.75 Å². The number of benzene rings is 1. The Bertz CT molecular complexity index is 485. The Morgan fingerprint density at radius 1 is 1.30 bits per heavy atom. The third kappa shape index (κ3) is 2.58. The van der Waals surface area contributed by atoms with E-state index in [-0.39, 0.29) is 11.9 Å². The summed E-state index contributed by atoms with van der Waals surface area (Å²) in [5.74, 6) is 1.86. The number of fused-ring (bicyclic) bond motifs is 1. The molecule has 1 aromatic carbocycles. The molecular formula is C16H21NO3. The van der Waals surface area contributed by atoms with Crippen molar-refractivity contribution in [3.05, 3.63) is 29.8 Å². The lowest BCUT2D eigenvalue weighted by Gasteiger charge is -2.17. The lowest BCUT2D eigenvalue weighted by Crippen LogP contribution is -2.30. The molecule has 0 amide bonds. The number of hydrogen-bond donors (Lipinski definition) is 1. The lowest BCUT2D eigenvalue weighted by atomic mass is 10.00. The van der Waals surface area contributed by atoms with Crippen LogP contribution in [0.2, 0.25) is 0 Å². The molecule has 1 heterocycles. The molecule has 1 N–H and O–H groups in total. The molecule has 3 unspecified atom stereocenters. The van der Waals surface area contributed by atoms with Crippen LogP contribution < -0.4 is 4.74 Å². The molecule has 20 heavy (non-hydrogen) atoms. The molecule has 1 aromatic rings. The predicted octanol–water partition coefficient (Wildman–Crippen LogP) is 1.58. The van der Waals surface area contributed by atoms with Gasteiger partial charge in [-0.3, -0.25) is 9.69 Å². The quantitative estimate of drug-likeness (QED) is 0.848. The summed E-state index contributed by atoms with van der Waals surface area (Å²) in [7, 11) is 1.62. The molecule has 1 aliphatic heterocycles. The summed E-state index contributed by atoms with van der Waals surface area (Å²) in [6, 6.07) is 7.26. The summed E-state index contributed by atoms with van der Waals surface area (Å²) < 4.78 is 5.09. The molecule has 2 fully saturated rings. The van der Waals surface area contributed by atoms with Gasteiger partial charge in [-0.1, -0.05) is 0 Å². The maximum absolute atomic E-state index is 12.3. The number of aliphatic hydroxyl groups excluding tert-OH is 1. The Kier molecular flexibility index (Phi) is 3.76. The second-order valence-electron chi connectivity index (χ2n) is 5.91. The van der Waals surface area contributed by atoms with Crippen molar-refractivity contribution in [1.82, 2.24) is 4.90 Å². The molecule has 108 valence electrons. The number of ketones is 1. The van der Waals surface area contributed by atoms with E-state index in [1.807, 2.05) is 24.3 Å². The van der Waals surface area contributed by atoms with E-state index < -0.39 is 0 Å². The Morgan fingerprint density at radius 3 is 2.70 bits per heavy atom. The molecule has 3 rings (SSSR count). The molecule has 0 radical (unpaired) electrons. The van der Waals surface area contributed by atoms with Crippen LogP contribution in [0.1, 0.15) is 23.2 Å². The lowest BCUT2D eigenvalue weighted by molar-refractivity contribution is 0.0919. The Labute approximate surface area is 119 Å². The van der Waals surface area contributed by atoms with Crippen LogP contribution in [0.25, 0.3) is 0 Å². The van der Waals surface area contributed by atoms with E-state index in [0.29, 0.717) is 18.4 Å². The van der Waals surface area contributed by atoms with E-state index >= 15 is 0 Å². The number of methoxy groups -OCH3 is 1. The van der Waals surface area contributed by atoms with Crippen LogP contribution in [0.5, 0.6) is 5.75 Å². The van der Waals surface area contributed by atoms with Gasteiger partial charge in [-0.25, -0.2) is 0 Å². The van der Waals surface area contributed by atoms with Crippen LogP contribution in [-0.2, 0) is 0 Å². The van der Waals surface area contributed by atoms with Gasteiger partial charge >= 0.3 is 0 Å². The molecule has 4 heteroatoms. The van der Waals surface area contributed by atoms with E-state index in [4.69, 9.17) is 4.74 Å². The van der Waals surface area contributed by atoms with Gasteiger partial charge in [0.2, 0.25) is 0 Å². The molecule has 1 aliphatic carbocycles. The molecule has 0 aromatic heterocycles. The fourth-order valence-corrected chi connectivity index (χ4v) is 3.53. The first-order valence-electron chi connectivity index (χ1n) is 7.25. The van der Waals surface area contributed by atoms with Crippen molar-refractivity contribution in [3.8, 4) is 5.75 Å². The van der Waals surface area contributed by atoms with Crippen molar-refractivity contribution in [3.63, 3.8) is 0 Å². The third-order valence-corrected chi connectivity index (χ3v) is 4.67. The Balaban J connectivity index is 1.59. The molecule has 3 atom stereocenters. The highest BCUT2D eigenvalue weighted by atomic mass is 16.5. The Morgan fingerprint density at radius 2 is 2.05 bits per heavy atom. The van der Waals surface area contributed by atoms with Crippen molar-refractivity contribution < 1.29 is 14.6 Å². The largest absolute Gasteiger partial charge is 0.497 e. The van der Waals surface area contributed by atoms with E-state index in [1.165, 1.54) is 0 Å². The third-order valence-electron chi connectivity index (χ3n) is 4.67. The van der Waals surface area contributed by atoms with Gasteiger partial charge in [0.05, 0.1) is 19.8 Å². The average molecular weight is 275 g/mol. The van der Waals surface area contributed by atoms with Crippen molar-refractivity contribution in [2.45, 2.75) is 18.9 Å².